The van der Waals surface area contributed by atoms with Crippen molar-refractivity contribution in [2.75, 3.05) is 7.11 Å². The Morgan fingerprint density at radius 2 is 2.28 bits per heavy atom. The monoisotopic (exact) mass is 266 g/mol. The van der Waals surface area contributed by atoms with Crippen LogP contribution < -0.4 is 4.74 Å². The molecule has 1 heterocycles. The predicted molar refractivity (Wildman–Crippen MR) is 69.9 cm³/mol. The van der Waals surface area contributed by atoms with Crippen LogP contribution in [-0.2, 0) is 13.5 Å². The van der Waals surface area contributed by atoms with Gasteiger partial charge in [-0.2, -0.15) is 0 Å². The molecule has 0 aliphatic carbocycles. The third-order valence-corrected chi connectivity index (χ3v) is 3.08. The van der Waals surface area contributed by atoms with Crippen molar-refractivity contribution in [3.05, 3.63) is 47.0 Å². The van der Waals surface area contributed by atoms with Gasteiger partial charge < -0.3 is 14.4 Å². The number of imidazole rings is 1. The number of aryl methyl sites for hydroxylation is 1. The van der Waals surface area contributed by atoms with E-state index < -0.39 is 6.10 Å². The van der Waals surface area contributed by atoms with E-state index >= 15 is 0 Å². The number of methoxy groups -OCH3 is 1. The lowest BCUT2D eigenvalue weighted by Gasteiger charge is -2.15. The lowest BCUT2D eigenvalue weighted by Crippen LogP contribution is -2.08. The lowest BCUT2D eigenvalue weighted by atomic mass is 10.1. The summed E-state index contributed by atoms with van der Waals surface area (Å²) in [5, 5.41) is 10.8. The fraction of sp³-hybridized carbons (Fsp3) is 0.308. The second-order valence-electron chi connectivity index (χ2n) is 4.06. The molecule has 0 spiro atoms. The predicted octanol–water partition coefficient (Wildman–Crippen LogP) is 2.36. The van der Waals surface area contributed by atoms with E-state index in [-0.39, 0.29) is 0 Å². The van der Waals surface area contributed by atoms with Gasteiger partial charge in [-0.3, -0.25) is 0 Å². The number of benzene rings is 1. The number of halogens is 1. The highest BCUT2D eigenvalue weighted by molar-refractivity contribution is 6.30. The summed E-state index contributed by atoms with van der Waals surface area (Å²) < 4.78 is 7.10. The van der Waals surface area contributed by atoms with Crippen LogP contribution in [0, 0.1) is 0 Å². The normalized spacial score (nSPS) is 12.4. The summed E-state index contributed by atoms with van der Waals surface area (Å²) in [5.41, 5.74) is 0.674. The van der Waals surface area contributed by atoms with Gasteiger partial charge in [-0.25, -0.2) is 4.98 Å². The van der Waals surface area contributed by atoms with Crippen LogP contribution in [-0.4, -0.2) is 21.8 Å². The molecule has 5 heteroatoms. The molecule has 0 aliphatic rings. The molecule has 0 saturated carbocycles. The van der Waals surface area contributed by atoms with Gasteiger partial charge in [0.05, 0.1) is 13.2 Å². The Balaban J connectivity index is 2.25. The summed E-state index contributed by atoms with van der Waals surface area (Å²) >= 11 is 5.94. The molecule has 0 radical (unpaired) electrons. The van der Waals surface area contributed by atoms with Crippen molar-refractivity contribution in [3.8, 4) is 5.75 Å². The number of aliphatic hydroxyl groups is 1. The first-order valence-corrected chi connectivity index (χ1v) is 5.97. The Kier molecular flexibility index (Phi) is 3.89. The van der Waals surface area contributed by atoms with E-state index in [1.807, 2.05) is 17.8 Å². The van der Waals surface area contributed by atoms with Crippen LogP contribution in [0.4, 0.5) is 0 Å². The molecule has 0 amide bonds. The first-order valence-electron chi connectivity index (χ1n) is 5.59. The maximum absolute atomic E-state index is 10.3. The van der Waals surface area contributed by atoms with Gasteiger partial charge >= 0.3 is 0 Å². The third-order valence-electron chi connectivity index (χ3n) is 2.85. The van der Waals surface area contributed by atoms with Gasteiger partial charge in [0.15, 0.2) is 0 Å². The van der Waals surface area contributed by atoms with Crippen LogP contribution in [0.2, 0.25) is 5.02 Å². The second kappa shape index (κ2) is 5.42. The van der Waals surface area contributed by atoms with Crippen LogP contribution >= 0.6 is 11.6 Å². The Morgan fingerprint density at radius 3 is 2.89 bits per heavy atom. The Morgan fingerprint density at radius 1 is 1.50 bits per heavy atom. The van der Waals surface area contributed by atoms with Crippen molar-refractivity contribution in [1.82, 2.24) is 9.55 Å². The average Bonchev–Trinajstić information content (AvgIpc) is 2.75. The minimum Gasteiger partial charge on any atom is -0.496 e. The maximum Gasteiger partial charge on any atom is 0.124 e. The number of aliphatic hydroxyl groups excluding tert-OH is 1. The van der Waals surface area contributed by atoms with E-state index in [1.54, 1.807) is 31.5 Å². The number of nitrogens with zero attached hydrogens (tertiary/aromatic N) is 2. The number of rotatable bonds is 4. The third kappa shape index (κ3) is 2.66. The second-order valence-corrected chi connectivity index (χ2v) is 4.50. The molecule has 18 heavy (non-hydrogen) atoms. The number of hydrogen-bond acceptors (Lipinski definition) is 3. The van der Waals surface area contributed by atoms with Crippen molar-refractivity contribution >= 4 is 11.6 Å². The zero-order chi connectivity index (χ0) is 13.1. The average molecular weight is 267 g/mol. The van der Waals surface area contributed by atoms with Crippen molar-refractivity contribution in [3.63, 3.8) is 0 Å². The summed E-state index contributed by atoms with van der Waals surface area (Å²) in [7, 11) is 3.46. The quantitative estimate of drug-likeness (QED) is 0.924. The summed E-state index contributed by atoms with van der Waals surface area (Å²) in [6.07, 6.45) is 3.27. The lowest BCUT2D eigenvalue weighted by molar-refractivity contribution is 0.170. The van der Waals surface area contributed by atoms with E-state index in [1.165, 1.54) is 0 Å². The van der Waals surface area contributed by atoms with Gasteiger partial charge in [0.2, 0.25) is 0 Å². The van der Waals surface area contributed by atoms with E-state index in [2.05, 4.69) is 4.98 Å². The summed E-state index contributed by atoms with van der Waals surface area (Å²) in [6, 6.07) is 5.20. The standard InChI is InChI=1S/C13H15ClN2O2/c1-16-6-5-15-13(16)8-11(17)10-7-9(14)3-4-12(10)18-2/h3-7,11,17H,8H2,1-2H3. The highest BCUT2D eigenvalue weighted by atomic mass is 35.5. The molecule has 0 bridgehead atoms. The smallest absolute Gasteiger partial charge is 0.124 e. The van der Waals surface area contributed by atoms with Crippen molar-refractivity contribution in [2.45, 2.75) is 12.5 Å². The van der Waals surface area contributed by atoms with Crippen LogP contribution in [0.1, 0.15) is 17.5 Å². The van der Waals surface area contributed by atoms with Crippen molar-refractivity contribution in [1.29, 1.82) is 0 Å². The van der Waals surface area contributed by atoms with E-state index in [0.717, 1.165) is 5.82 Å². The van der Waals surface area contributed by atoms with E-state index in [9.17, 15) is 5.11 Å². The Bertz CT molecular complexity index is 540. The Labute approximate surface area is 111 Å². The molecule has 2 aromatic rings. The molecular formula is C13H15ClN2O2. The molecule has 4 nitrogen and oxygen atoms in total. The van der Waals surface area contributed by atoms with Crippen molar-refractivity contribution < 1.29 is 9.84 Å². The molecule has 0 fully saturated rings. The van der Waals surface area contributed by atoms with Gasteiger partial charge in [-0.05, 0) is 18.2 Å². The molecule has 1 atom stereocenters. The van der Waals surface area contributed by atoms with Gasteiger partial charge in [-0.1, -0.05) is 11.6 Å². The fourth-order valence-electron chi connectivity index (χ4n) is 1.84. The number of aromatic nitrogens is 2. The van der Waals surface area contributed by atoms with E-state index in [4.69, 9.17) is 16.3 Å². The van der Waals surface area contributed by atoms with Gasteiger partial charge in [-0.15, -0.1) is 0 Å². The van der Waals surface area contributed by atoms with Crippen LogP contribution in [0.15, 0.2) is 30.6 Å². The van der Waals surface area contributed by atoms with Gasteiger partial charge in [0.1, 0.15) is 11.6 Å². The highest BCUT2D eigenvalue weighted by Gasteiger charge is 2.16. The zero-order valence-electron chi connectivity index (χ0n) is 10.3. The minimum atomic E-state index is -0.695. The molecule has 1 N–H and O–H groups in total. The van der Waals surface area contributed by atoms with Crippen LogP contribution in [0.25, 0.3) is 0 Å². The van der Waals surface area contributed by atoms with Crippen LogP contribution in [0.5, 0.6) is 5.75 Å². The molecular weight excluding hydrogens is 252 g/mol. The SMILES string of the molecule is COc1ccc(Cl)cc1C(O)Cc1nccn1C. The first-order chi connectivity index (χ1) is 8.61. The largest absolute Gasteiger partial charge is 0.496 e. The summed E-state index contributed by atoms with van der Waals surface area (Å²) in [5.74, 6) is 1.44. The summed E-state index contributed by atoms with van der Waals surface area (Å²) in [6.45, 7) is 0. The number of hydrogen-bond donors (Lipinski definition) is 1. The zero-order valence-corrected chi connectivity index (χ0v) is 11.1. The molecule has 96 valence electrons. The molecule has 1 unspecified atom stereocenters. The molecule has 0 aliphatic heterocycles. The number of ether oxygens (including phenoxy) is 1. The fourth-order valence-corrected chi connectivity index (χ4v) is 2.02. The topological polar surface area (TPSA) is 47.3 Å². The molecule has 0 saturated heterocycles. The molecule has 1 aromatic heterocycles. The molecule has 2 rings (SSSR count). The van der Waals surface area contributed by atoms with Crippen LogP contribution in [0.3, 0.4) is 0 Å². The first kappa shape index (κ1) is 12.9. The van der Waals surface area contributed by atoms with E-state index in [0.29, 0.717) is 22.8 Å². The molecule has 1 aromatic carbocycles. The minimum absolute atomic E-state index is 0.417. The maximum atomic E-state index is 10.3. The Hall–Kier alpha value is -1.52. The highest BCUT2D eigenvalue weighted by Crippen LogP contribution is 2.29. The van der Waals surface area contributed by atoms with Gasteiger partial charge in [0.25, 0.3) is 0 Å². The van der Waals surface area contributed by atoms with Gasteiger partial charge in [0, 0.05) is 36.4 Å². The van der Waals surface area contributed by atoms with Crippen molar-refractivity contribution in [2.24, 2.45) is 7.05 Å². The summed E-state index contributed by atoms with van der Waals surface area (Å²) in [4.78, 5) is 4.19.